The van der Waals surface area contributed by atoms with E-state index >= 15 is 0 Å². The Kier molecular flexibility index (Phi) is 8.12. The van der Waals surface area contributed by atoms with Crippen molar-refractivity contribution < 1.29 is 14.0 Å². The van der Waals surface area contributed by atoms with Gasteiger partial charge >= 0.3 is 0 Å². The molecule has 0 saturated heterocycles. The summed E-state index contributed by atoms with van der Waals surface area (Å²) in [5, 5.41) is 2.76. The third-order valence-corrected chi connectivity index (χ3v) is 5.60. The fraction of sp³-hybridized carbons (Fsp3) is 0.458. The number of aryl methyl sites for hydroxylation is 1. The van der Waals surface area contributed by atoms with E-state index in [-0.39, 0.29) is 36.8 Å². The van der Waals surface area contributed by atoms with Crippen LogP contribution in [0.5, 0.6) is 0 Å². The lowest BCUT2D eigenvalue weighted by molar-refractivity contribution is -0.136. The van der Waals surface area contributed by atoms with Gasteiger partial charge in [-0.25, -0.2) is 9.37 Å². The number of anilines is 1. The lowest BCUT2D eigenvalue weighted by Crippen LogP contribution is -2.46. The van der Waals surface area contributed by atoms with Crippen molar-refractivity contribution >= 4 is 17.6 Å². The zero-order chi connectivity index (χ0) is 22.2. The van der Waals surface area contributed by atoms with Crippen molar-refractivity contribution in [3.63, 3.8) is 0 Å². The molecule has 0 radical (unpaired) electrons. The smallest absolute Gasteiger partial charge is 0.239 e. The molecule has 1 N–H and O–H groups in total. The van der Waals surface area contributed by atoms with Crippen LogP contribution in [0, 0.1) is 12.7 Å². The van der Waals surface area contributed by atoms with E-state index < -0.39 is 0 Å². The van der Waals surface area contributed by atoms with Gasteiger partial charge < -0.3 is 10.2 Å². The van der Waals surface area contributed by atoms with Crippen LogP contribution in [0.4, 0.5) is 10.2 Å². The number of aromatic nitrogens is 1. The molecule has 1 aromatic heterocycles. The van der Waals surface area contributed by atoms with E-state index in [1.807, 2.05) is 17.9 Å². The molecule has 1 aliphatic rings. The molecule has 0 spiro atoms. The van der Waals surface area contributed by atoms with Crippen LogP contribution in [0.1, 0.15) is 43.2 Å². The van der Waals surface area contributed by atoms with Crippen LogP contribution in [-0.2, 0) is 16.1 Å². The quantitative estimate of drug-likeness (QED) is 0.698. The number of rotatable bonds is 8. The first-order valence-electron chi connectivity index (χ1n) is 10.9. The summed E-state index contributed by atoms with van der Waals surface area (Å²) in [5.74, 6) is -0.0158. The van der Waals surface area contributed by atoms with Gasteiger partial charge in [0.2, 0.25) is 11.8 Å². The molecule has 0 bridgehead atoms. The maximum absolute atomic E-state index is 13.3. The van der Waals surface area contributed by atoms with Gasteiger partial charge in [0.25, 0.3) is 0 Å². The van der Waals surface area contributed by atoms with Crippen molar-refractivity contribution in [3.05, 3.63) is 59.5 Å². The number of likely N-dealkylation sites (N-methyl/N-ethyl adjacent to an activating group) is 1. The van der Waals surface area contributed by atoms with Crippen LogP contribution in [0.15, 0.2) is 42.6 Å². The van der Waals surface area contributed by atoms with E-state index in [0.717, 1.165) is 36.8 Å². The topological polar surface area (TPSA) is 65.5 Å². The van der Waals surface area contributed by atoms with Gasteiger partial charge in [-0.1, -0.05) is 37.5 Å². The highest BCUT2D eigenvalue weighted by molar-refractivity contribution is 5.91. The van der Waals surface area contributed by atoms with Gasteiger partial charge in [-0.2, -0.15) is 0 Å². The van der Waals surface area contributed by atoms with Crippen molar-refractivity contribution in [2.45, 2.75) is 51.6 Å². The van der Waals surface area contributed by atoms with Crippen LogP contribution in [0.3, 0.4) is 0 Å². The molecule has 6 nitrogen and oxygen atoms in total. The molecule has 1 fully saturated rings. The number of benzene rings is 1. The maximum atomic E-state index is 13.3. The molecule has 1 heterocycles. The largest absolute Gasteiger partial charge is 0.334 e. The molecule has 3 rings (SSSR count). The average Bonchev–Trinajstić information content (AvgIpc) is 2.75. The van der Waals surface area contributed by atoms with Gasteiger partial charge in [-0.05, 0) is 56.1 Å². The zero-order valence-electron chi connectivity index (χ0n) is 18.3. The Morgan fingerprint density at radius 1 is 1.06 bits per heavy atom. The predicted octanol–water partition coefficient (Wildman–Crippen LogP) is 3.76. The van der Waals surface area contributed by atoms with Gasteiger partial charge in [0, 0.05) is 18.8 Å². The normalized spacial score (nSPS) is 14.5. The molecule has 1 saturated carbocycles. The van der Waals surface area contributed by atoms with Crippen molar-refractivity contribution in [2.75, 3.05) is 25.5 Å². The molecule has 0 atom stereocenters. The molecular formula is C24H31FN4O2. The van der Waals surface area contributed by atoms with Gasteiger partial charge in [0.15, 0.2) is 0 Å². The van der Waals surface area contributed by atoms with Crippen molar-refractivity contribution in [3.8, 4) is 0 Å². The Hall–Kier alpha value is -2.80. The van der Waals surface area contributed by atoms with E-state index in [1.54, 1.807) is 36.3 Å². The SMILES string of the molecule is Cc1ccc(NC(=O)CN(C)CC(=O)N(Cc2ccc(F)cc2)C2CCCCC2)nc1. The van der Waals surface area contributed by atoms with Crippen LogP contribution in [0.2, 0.25) is 0 Å². The third kappa shape index (κ3) is 7.14. The van der Waals surface area contributed by atoms with Gasteiger partial charge in [0.1, 0.15) is 11.6 Å². The van der Waals surface area contributed by atoms with E-state index in [0.29, 0.717) is 12.4 Å². The first kappa shape index (κ1) is 22.9. The minimum atomic E-state index is -0.284. The second-order valence-corrected chi connectivity index (χ2v) is 8.38. The van der Waals surface area contributed by atoms with Gasteiger partial charge in [0.05, 0.1) is 13.1 Å². The maximum Gasteiger partial charge on any atom is 0.239 e. The van der Waals surface area contributed by atoms with E-state index in [1.165, 1.54) is 18.6 Å². The molecule has 2 amide bonds. The lowest BCUT2D eigenvalue weighted by Gasteiger charge is -2.35. The second-order valence-electron chi connectivity index (χ2n) is 8.38. The summed E-state index contributed by atoms with van der Waals surface area (Å²) < 4.78 is 13.3. The number of carbonyl (C=O) groups is 2. The predicted molar refractivity (Wildman–Crippen MR) is 119 cm³/mol. The van der Waals surface area contributed by atoms with Crippen LogP contribution in [0.25, 0.3) is 0 Å². The highest BCUT2D eigenvalue weighted by Crippen LogP contribution is 2.24. The Bertz CT molecular complexity index is 864. The summed E-state index contributed by atoms with van der Waals surface area (Å²) in [6.45, 7) is 2.63. The van der Waals surface area contributed by atoms with Crippen molar-refractivity contribution in [2.24, 2.45) is 0 Å². The van der Waals surface area contributed by atoms with Crippen molar-refractivity contribution in [1.29, 1.82) is 0 Å². The minimum Gasteiger partial charge on any atom is -0.334 e. The fourth-order valence-electron chi connectivity index (χ4n) is 3.95. The number of pyridine rings is 1. The molecule has 0 aliphatic heterocycles. The molecule has 1 aliphatic carbocycles. The van der Waals surface area contributed by atoms with Crippen LogP contribution in [-0.4, -0.2) is 52.8 Å². The molecule has 2 aromatic rings. The van der Waals surface area contributed by atoms with Gasteiger partial charge in [-0.3, -0.25) is 14.5 Å². The first-order valence-corrected chi connectivity index (χ1v) is 10.9. The van der Waals surface area contributed by atoms with Gasteiger partial charge in [-0.15, -0.1) is 0 Å². The highest BCUT2D eigenvalue weighted by Gasteiger charge is 2.26. The fourth-order valence-corrected chi connectivity index (χ4v) is 3.95. The monoisotopic (exact) mass is 426 g/mol. The van der Waals surface area contributed by atoms with E-state index in [2.05, 4.69) is 10.3 Å². The number of nitrogens with zero attached hydrogens (tertiary/aromatic N) is 3. The number of hydrogen-bond acceptors (Lipinski definition) is 4. The molecule has 7 heteroatoms. The van der Waals surface area contributed by atoms with Crippen LogP contribution < -0.4 is 5.32 Å². The summed E-state index contributed by atoms with van der Waals surface area (Å²) in [6, 6.07) is 10.1. The Balaban J connectivity index is 1.59. The highest BCUT2D eigenvalue weighted by atomic mass is 19.1. The molecular weight excluding hydrogens is 395 g/mol. The number of nitrogens with one attached hydrogen (secondary N) is 1. The number of hydrogen-bond donors (Lipinski definition) is 1. The lowest BCUT2D eigenvalue weighted by atomic mass is 9.93. The van der Waals surface area contributed by atoms with E-state index in [9.17, 15) is 14.0 Å². The number of amides is 2. The molecule has 0 unspecified atom stereocenters. The van der Waals surface area contributed by atoms with Crippen molar-refractivity contribution in [1.82, 2.24) is 14.8 Å². The number of carbonyl (C=O) groups excluding carboxylic acids is 2. The first-order chi connectivity index (χ1) is 14.9. The molecule has 31 heavy (non-hydrogen) atoms. The minimum absolute atomic E-state index is 0.0139. The Morgan fingerprint density at radius 3 is 2.42 bits per heavy atom. The third-order valence-electron chi connectivity index (χ3n) is 5.60. The summed E-state index contributed by atoms with van der Waals surface area (Å²) in [7, 11) is 1.76. The average molecular weight is 427 g/mol. The molecule has 166 valence electrons. The molecule has 1 aromatic carbocycles. The van der Waals surface area contributed by atoms with Crippen LogP contribution >= 0.6 is 0 Å². The Labute approximate surface area is 183 Å². The summed E-state index contributed by atoms with van der Waals surface area (Å²) >= 11 is 0. The Morgan fingerprint density at radius 2 is 1.77 bits per heavy atom. The zero-order valence-corrected chi connectivity index (χ0v) is 18.3. The summed E-state index contributed by atoms with van der Waals surface area (Å²) in [6.07, 6.45) is 7.08. The number of halogens is 1. The van der Waals surface area contributed by atoms with E-state index in [4.69, 9.17) is 0 Å². The standard InChI is InChI=1S/C24H31FN4O2/c1-18-8-13-22(26-14-18)27-23(30)16-28(2)17-24(31)29(21-6-4-3-5-7-21)15-19-9-11-20(25)12-10-19/h8-14,21H,3-7,15-17H2,1-2H3,(H,26,27,30). The second kappa shape index (κ2) is 11.0. The summed E-state index contributed by atoms with van der Waals surface area (Å²) in [5.41, 5.74) is 1.93. The summed E-state index contributed by atoms with van der Waals surface area (Å²) in [4.78, 5) is 33.3.